The molecule has 1 saturated heterocycles. The Balaban J connectivity index is 1.67. The van der Waals surface area contributed by atoms with Gasteiger partial charge in [0.15, 0.2) is 5.82 Å². The van der Waals surface area contributed by atoms with Gasteiger partial charge in [0.05, 0.1) is 12.6 Å². The molecular formula is C9H15N3O2. The van der Waals surface area contributed by atoms with E-state index in [9.17, 15) is 0 Å². The maximum absolute atomic E-state index is 5.47. The van der Waals surface area contributed by atoms with Crippen molar-refractivity contribution in [3.8, 4) is 0 Å². The monoisotopic (exact) mass is 197 g/mol. The second-order valence-corrected chi connectivity index (χ2v) is 3.50. The maximum atomic E-state index is 5.47. The Morgan fingerprint density at radius 3 is 3.14 bits per heavy atom. The van der Waals surface area contributed by atoms with Gasteiger partial charge in [0.2, 0.25) is 5.89 Å². The molecule has 2 heterocycles. The first kappa shape index (κ1) is 9.61. The smallest absolute Gasteiger partial charge is 0.240 e. The predicted molar refractivity (Wildman–Crippen MR) is 49.7 cm³/mol. The molecule has 0 saturated carbocycles. The van der Waals surface area contributed by atoms with Gasteiger partial charge in [0.1, 0.15) is 0 Å². The van der Waals surface area contributed by atoms with E-state index in [1.807, 2.05) is 6.92 Å². The van der Waals surface area contributed by atoms with Gasteiger partial charge < -0.3 is 14.6 Å². The predicted octanol–water partition coefficient (Wildman–Crippen LogP) is 0.647. The number of ether oxygens (including phenoxy) is 1. The summed E-state index contributed by atoms with van der Waals surface area (Å²) in [6.07, 6.45) is 2.68. The zero-order chi connectivity index (χ0) is 9.80. The van der Waals surface area contributed by atoms with Gasteiger partial charge in [-0.1, -0.05) is 5.16 Å². The van der Waals surface area contributed by atoms with Crippen LogP contribution in [0.5, 0.6) is 0 Å². The van der Waals surface area contributed by atoms with E-state index in [4.69, 9.17) is 9.26 Å². The third-order valence-corrected chi connectivity index (χ3v) is 2.24. The van der Waals surface area contributed by atoms with Crippen molar-refractivity contribution in [2.45, 2.75) is 32.4 Å². The quantitative estimate of drug-likeness (QED) is 0.767. The van der Waals surface area contributed by atoms with Crippen LogP contribution < -0.4 is 5.32 Å². The van der Waals surface area contributed by atoms with Gasteiger partial charge in [-0.05, 0) is 19.8 Å². The Hall–Kier alpha value is -0.940. The highest BCUT2D eigenvalue weighted by Crippen LogP contribution is 2.10. The number of aromatic nitrogens is 2. The molecular weight excluding hydrogens is 182 g/mol. The summed E-state index contributed by atoms with van der Waals surface area (Å²) in [5.41, 5.74) is 0. The van der Waals surface area contributed by atoms with Gasteiger partial charge in [-0.25, -0.2) is 0 Å². The lowest BCUT2D eigenvalue weighted by molar-refractivity contribution is 0.109. The Labute approximate surface area is 82.8 Å². The highest BCUT2D eigenvalue weighted by molar-refractivity contribution is 4.82. The highest BCUT2D eigenvalue weighted by atomic mass is 16.5. The average molecular weight is 197 g/mol. The first-order valence-corrected chi connectivity index (χ1v) is 4.96. The number of rotatable bonds is 4. The van der Waals surface area contributed by atoms with Crippen molar-refractivity contribution in [2.24, 2.45) is 0 Å². The molecule has 1 aromatic rings. The van der Waals surface area contributed by atoms with Crippen LogP contribution in [0, 0.1) is 6.92 Å². The Morgan fingerprint density at radius 1 is 1.57 bits per heavy atom. The molecule has 2 rings (SSSR count). The number of nitrogens with one attached hydrogen (secondary N) is 1. The summed E-state index contributed by atoms with van der Waals surface area (Å²) in [5.74, 6) is 1.32. The molecule has 0 aromatic carbocycles. The topological polar surface area (TPSA) is 60.2 Å². The van der Waals surface area contributed by atoms with Gasteiger partial charge in [-0.15, -0.1) is 0 Å². The van der Waals surface area contributed by atoms with E-state index in [0.717, 1.165) is 19.6 Å². The third-order valence-electron chi connectivity index (χ3n) is 2.24. The summed E-state index contributed by atoms with van der Waals surface area (Å²) in [4.78, 5) is 4.09. The number of aryl methyl sites for hydroxylation is 1. The van der Waals surface area contributed by atoms with Crippen molar-refractivity contribution in [1.29, 1.82) is 0 Å². The lowest BCUT2D eigenvalue weighted by Gasteiger charge is -2.08. The second-order valence-electron chi connectivity index (χ2n) is 3.50. The van der Waals surface area contributed by atoms with Crippen molar-refractivity contribution in [3.63, 3.8) is 0 Å². The summed E-state index contributed by atoms with van der Waals surface area (Å²) in [6.45, 7) is 4.20. The van der Waals surface area contributed by atoms with Gasteiger partial charge in [0, 0.05) is 13.2 Å². The van der Waals surface area contributed by atoms with Crippen LogP contribution in [0.15, 0.2) is 4.52 Å². The molecule has 1 aromatic heterocycles. The van der Waals surface area contributed by atoms with E-state index in [1.54, 1.807) is 0 Å². The van der Waals surface area contributed by atoms with Crippen LogP contribution in [0.4, 0.5) is 0 Å². The highest BCUT2D eigenvalue weighted by Gasteiger charge is 2.14. The van der Waals surface area contributed by atoms with Crippen LogP contribution in [0.25, 0.3) is 0 Å². The standard InChI is InChI=1S/C9H15N3O2/c1-7-11-9(14-12-7)6-10-5-8-3-2-4-13-8/h8,10H,2-6H2,1H3. The zero-order valence-electron chi connectivity index (χ0n) is 8.32. The molecule has 0 radical (unpaired) electrons. The second kappa shape index (κ2) is 4.52. The Bertz CT molecular complexity index is 281. The Kier molecular flexibility index (Phi) is 3.10. The molecule has 0 aliphatic carbocycles. The van der Waals surface area contributed by atoms with Crippen molar-refractivity contribution >= 4 is 0 Å². The lowest BCUT2D eigenvalue weighted by atomic mass is 10.2. The summed E-state index contributed by atoms with van der Waals surface area (Å²) in [5, 5.41) is 6.95. The van der Waals surface area contributed by atoms with Crippen molar-refractivity contribution in [2.75, 3.05) is 13.2 Å². The molecule has 0 spiro atoms. The van der Waals surface area contributed by atoms with Gasteiger partial charge >= 0.3 is 0 Å². The minimum atomic E-state index is 0.360. The summed E-state index contributed by atoms with van der Waals surface area (Å²) in [7, 11) is 0. The molecule has 0 bridgehead atoms. The molecule has 0 amide bonds. The minimum Gasteiger partial charge on any atom is -0.377 e. The van der Waals surface area contributed by atoms with Crippen LogP contribution >= 0.6 is 0 Å². The number of nitrogens with zero attached hydrogens (tertiary/aromatic N) is 2. The molecule has 1 N–H and O–H groups in total. The molecule has 1 atom stereocenters. The van der Waals surface area contributed by atoms with E-state index in [0.29, 0.717) is 24.4 Å². The van der Waals surface area contributed by atoms with Crippen LogP contribution in [-0.4, -0.2) is 29.4 Å². The zero-order valence-corrected chi connectivity index (χ0v) is 8.32. The van der Waals surface area contributed by atoms with E-state index in [2.05, 4.69) is 15.5 Å². The summed E-state index contributed by atoms with van der Waals surface area (Å²) < 4.78 is 10.4. The molecule has 5 nitrogen and oxygen atoms in total. The Morgan fingerprint density at radius 2 is 2.50 bits per heavy atom. The molecule has 1 aliphatic heterocycles. The van der Waals surface area contributed by atoms with E-state index < -0.39 is 0 Å². The minimum absolute atomic E-state index is 0.360. The largest absolute Gasteiger partial charge is 0.377 e. The van der Waals surface area contributed by atoms with Gasteiger partial charge in [-0.3, -0.25) is 0 Å². The molecule has 5 heteroatoms. The average Bonchev–Trinajstić information content (AvgIpc) is 2.77. The fourth-order valence-electron chi connectivity index (χ4n) is 1.56. The van der Waals surface area contributed by atoms with Crippen molar-refractivity contribution < 1.29 is 9.26 Å². The van der Waals surface area contributed by atoms with Crippen LogP contribution in [0.3, 0.4) is 0 Å². The first-order chi connectivity index (χ1) is 6.84. The fourth-order valence-corrected chi connectivity index (χ4v) is 1.56. The van der Waals surface area contributed by atoms with Gasteiger partial charge in [0.25, 0.3) is 0 Å². The molecule has 1 unspecified atom stereocenters. The van der Waals surface area contributed by atoms with Gasteiger partial charge in [-0.2, -0.15) is 4.98 Å². The van der Waals surface area contributed by atoms with Crippen LogP contribution in [0.1, 0.15) is 24.6 Å². The van der Waals surface area contributed by atoms with Crippen LogP contribution in [0.2, 0.25) is 0 Å². The molecule has 1 aliphatic rings. The summed E-state index contributed by atoms with van der Waals surface area (Å²) in [6, 6.07) is 0. The van der Waals surface area contributed by atoms with Crippen LogP contribution in [-0.2, 0) is 11.3 Å². The van der Waals surface area contributed by atoms with Crippen molar-refractivity contribution in [3.05, 3.63) is 11.7 Å². The van der Waals surface area contributed by atoms with Crippen molar-refractivity contribution in [1.82, 2.24) is 15.5 Å². The first-order valence-electron chi connectivity index (χ1n) is 4.96. The maximum Gasteiger partial charge on any atom is 0.240 e. The number of hydrogen-bond donors (Lipinski definition) is 1. The number of hydrogen-bond acceptors (Lipinski definition) is 5. The third kappa shape index (κ3) is 2.52. The molecule has 1 fully saturated rings. The molecule has 14 heavy (non-hydrogen) atoms. The van der Waals surface area contributed by atoms with E-state index in [1.165, 1.54) is 6.42 Å². The fraction of sp³-hybridized carbons (Fsp3) is 0.778. The SMILES string of the molecule is Cc1noc(CNCC2CCCO2)n1. The van der Waals surface area contributed by atoms with E-state index >= 15 is 0 Å². The normalized spacial score (nSPS) is 21.6. The lowest BCUT2D eigenvalue weighted by Crippen LogP contribution is -2.25. The van der Waals surface area contributed by atoms with E-state index in [-0.39, 0.29) is 0 Å². The molecule has 78 valence electrons. The summed E-state index contributed by atoms with van der Waals surface area (Å²) >= 11 is 0.